The summed E-state index contributed by atoms with van der Waals surface area (Å²) in [5.74, 6) is 4.02. The Labute approximate surface area is 207 Å². The second-order valence-electron chi connectivity index (χ2n) is 13.8. The van der Waals surface area contributed by atoms with E-state index in [9.17, 15) is 15.0 Å². The molecule has 2 heterocycles. The van der Waals surface area contributed by atoms with E-state index in [1.54, 1.807) is 0 Å². The Bertz CT molecular complexity index is 795. The molecule has 6 aliphatic rings. The smallest absolute Gasteiger partial charge is 0.194 e. The predicted octanol–water partition coefficient (Wildman–Crippen LogP) is 5.78. The molecule has 0 aromatic rings. The summed E-state index contributed by atoms with van der Waals surface area (Å²) >= 11 is 0. The van der Waals surface area contributed by atoms with E-state index < -0.39 is 23.2 Å². The fraction of sp³-hybridized carbons (Fsp3) is 0.967. The minimum Gasteiger partial charge on any atom is -0.393 e. The highest BCUT2D eigenvalue weighted by molar-refractivity contribution is 5.94. The third-order valence-corrected chi connectivity index (χ3v) is 12.5. The standard InChI is InChI=1S/C30H50O4/c1-7-20(17(2)3)9-8-18(4)22-10-11-23-25-24(13-14-28(22,23)6)29-15-12-21(31)16-30(29,33)27(32)26(25)34-19(29)5/h17-26,31,33H,7-16H2,1-6H3/t18-,19-,20-,21+,22-,23+,24+,25+,26-,28-,29+,30+/m1/s1. The summed E-state index contributed by atoms with van der Waals surface area (Å²) in [6.07, 6.45) is 9.12. The first-order chi connectivity index (χ1) is 16.0. The van der Waals surface area contributed by atoms with E-state index in [1.807, 2.05) is 0 Å². The third-order valence-electron chi connectivity index (χ3n) is 12.5. The summed E-state index contributed by atoms with van der Waals surface area (Å²) in [7, 11) is 0. The van der Waals surface area contributed by atoms with Gasteiger partial charge in [-0.2, -0.15) is 0 Å². The molecule has 2 saturated heterocycles. The molecule has 0 amide bonds. The van der Waals surface area contributed by atoms with Crippen LogP contribution < -0.4 is 0 Å². The molecule has 0 aromatic carbocycles. The molecule has 4 heteroatoms. The molecule has 0 unspecified atom stereocenters. The Kier molecular flexibility index (Phi) is 6.34. The average molecular weight is 475 g/mol. The molecular weight excluding hydrogens is 424 g/mol. The fourth-order valence-electron chi connectivity index (χ4n) is 10.7. The Morgan fingerprint density at radius 2 is 1.79 bits per heavy atom. The maximum absolute atomic E-state index is 13.8. The number of aliphatic hydroxyl groups is 2. The first-order valence-electron chi connectivity index (χ1n) is 14.6. The number of carbonyl (C=O) groups is 1. The highest BCUT2D eigenvalue weighted by Crippen LogP contribution is 2.72. The number of ketones is 1. The molecule has 6 fully saturated rings. The third kappa shape index (κ3) is 3.23. The van der Waals surface area contributed by atoms with Crippen molar-refractivity contribution in [3.05, 3.63) is 0 Å². The second-order valence-corrected chi connectivity index (χ2v) is 13.8. The minimum atomic E-state index is -1.40. The van der Waals surface area contributed by atoms with E-state index in [0.29, 0.717) is 24.7 Å². The van der Waals surface area contributed by atoms with Gasteiger partial charge >= 0.3 is 0 Å². The van der Waals surface area contributed by atoms with E-state index in [4.69, 9.17) is 4.74 Å². The zero-order valence-electron chi connectivity index (χ0n) is 22.6. The van der Waals surface area contributed by atoms with Gasteiger partial charge in [0.25, 0.3) is 0 Å². The minimum absolute atomic E-state index is 0.103. The summed E-state index contributed by atoms with van der Waals surface area (Å²) < 4.78 is 6.51. The van der Waals surface area contributed by atoms with Crippen LogP contribution in [0.5, 0.6) is 0 Å². The number of fused-ring (bicyclic) bond motifs is 2. The number of carbonyl (C=O) groups excluding carboxylic acids is 1. The van der Waals surface area contributed by atoms with Gasteiger partial charge in [0.1, 0.15) is 11.7 Å². The van der Waals surface area contributed by atoms with Crippen LogP contribution in [0.3, 0.4) is 0 Å². The maximum Gasteiger partial charge on any atom is 0.194 e. The molecule has 12 atom stereocenters. The van der Waals surface area contributed by atoms with Gasteiger partial charge in [-0.25, -0.2) is 0 Å². The molecule has 194 valence electrons. The Morgan fingerprint density at radius 3 is 2.47 bits per heavy atom. The van der Waals surface area contributed by atoms with Crippen LogP contribution in [0.4, 0.5) is 0 Å². The van der Waals surface area contributed by atoms with Crippen LogP contribution in [0, 0.1) is 52.3 Å². The maximum atomic E-state index is 13.8. The molecule has 4 aliphatic carbocycles. The number of hydrogen-bond acceptors (Lipinski definition) is 4. The SMILES string of the molecule is CC[C@H](CC[C@@H](C)[C@H]1CC[C@H]2[C@@H]3[C@H]4O[C@H](C)[C@@]5(CC[C@H](O)C[C@]5(O)C4=O)[C@H]3CC[C@]12C)C(C)C. The van der Waals surface area contributed by atoms with Crippen molar-refractivity contribution in [3.63, 3.8) is 0 Å². The summed E-state index contributed by atoms with van der Waals surface area (Å²) in [4.78, 5) is 13.8. The Morgan fingerprint density at radius 1 is 1.06 bits per heavy atom. The summed E-state index contributed by atoms with van der Waals surface area (Å²) in [5.41, 5.74) is -1.65. The summed E-state index contributed by atoms with van der Waals surface area (Å²) in [6, 6.07) is 0. The number of hydrogen-bond donors (Lipinski definition) is 2. The average Bonchev–Trinajstić information content (AvgIpc) is 3.13. The lowest BCUT2D eigenvalue weighted by atomic mass is 9.39. The van der Waals surface area contributed by atoms with Gasteiger partial charge in [0.15, 0.2) is 5.78 Å². The fourth-order valence-corrected chi connectivity index (χ4v) is 10.7. The topological polar surface area (TPSA) is 66.8 Å². The van der Waals surface area contributed by atoms with E-state index in [-0.39, 0.29) is 29.6 Å². The van der Waals surface area contributed by atoms with Crippen molar-refractivity contribution in [1.82, 2.24) is 0 Å². The van der Waals surface area contributed by atoms with Crippen molar-refractivity contribution < 1.29 is 19.7 Å². The molecule has 0 radical (unpaired) electrons. The highest BCUT2D eigenvalue weighted by atomic mass is 16.5. The predicted molar refractivity (Wildman–Crippen MR) is 134 cm³/mol. The molecule has 2 bridgehead atoms. The lowest BCUT2D eigenvalue weighted by molar-refractivity contribution is -0.319. The van der Waals surface area contributed by atoms with Gasteiger partial charge < -0.3 is 14.9 Å². The van der Waals surface area contributed by atoms with Crippen LogP contribution in [0.25, 0.3) is 0 Å². The largest absolute Gasteiger partial charge is 0.393 e. The van der Waals surface area contributed by atoms with Crippen LogP contribution in [-0.4, -0.2) is 39.9 Å². The normalized spacial score (nSPS) is 51.7. The van der Waals surface area contributed by atoms with Crippen LogP contribution in [0.15, 0.2) is 0 Å². The lowest BCUT2D eigenvalue weighted by Crippen LogP contribution is -2.80. The Balaban J connectivity index is 1.40. The van der Waals surface area contributed by atoms with Crippen LogP contribution in [-0.2, 0) is 9.53 Å². The van der Waals surface area contributed by atoms with Gasteiger partial charge in [-0.1, -0.05) is 47.5 Å². The van der Waals surface area contributed by atoms with Crippen molar-refractivity contribution in [1.29, 1.82) is 0 Å². The van der Waals surface area contributed by atoms with Gasteiger partial charge in [-0.15, -0.1) is 0 Å². The van der Waals surface area contributed by atoms with Crippen molar-refractivity contribution in [2.75, 3.05) is 0 Å². The van der Waals surface area contributed by atoms with E-state index >= 15 is 0 Å². The van der Waals surface area contributed by atoms with Gasteiger partial charge in [-0.05, 0) is 98.7 Å². The van der Waals surface area contributed by atoms with Crippen molar-refractivity contribution in [2.45, 2.75) is 130 Å². The molecule has 0 aromatic heterocycles. The molecule has 2 N–H and O–H groups in total. The van der Waals surface area contributed by atoms with E-state index in [0.717, 1.165) is 30.1 Å². The Hall–Kier alpha value is -0.450. The molecule has 4 nitrogen and oxygen atoms in total. The van der Waals surface area contributed by atoms with Gasteiger partial charge in [0.05, 0.1) is 12.2 Å². The van der Waals surface area contributed by atoms with Crippen LogP contribution in [0.1, 0.15) is 106 Å². The summed E-state index contributed by atoms with van der Waals surface area (Å²) in [5, 5.41) is 22.3. The zero-order chi connectivity index (χ0) is 24.6. The van der Waals surface area contributed by atoms with Crippen molar-refractivity contribution in [3.8, 4) is 0 Å². The molecular formula is C30H50O4. The van der Waals surface area contributed by atoms with Crippen molar-refractivity contribution >= 4 is 5.78 Å². The monoisotopic (exact) mass is 474 g/mol. The zero-order valence-corrected chi connectivity index (χ0v) is 22.6. The number of rotatable bonds is 6. The number of ether oxygens (including phenoxy) is 1. The molecule has 1 spiro atoms. The van der Waals surface area contributed by atoms with Crippen LogP contribution >= 0.6 is 0 Å². The van der Waals surface area contributed by atoms with E-state index in [2.05, 4.69) is 41.5 Å². The molecule has 2 aliphatic heterocycles. The molecule has 4 saturated carbocycles. The van der Waals surface area contributed by atoms with Crippen LogP contribution in [0.2, 0.25) is 0 Å². The lowest BCUT2D eigenvalue weighted by Gasteiger charge is -2.70. The number of Topliss-reactive ketones (excluding diaryl/α,β-unsaturated/α-hetero) is 1. The molecule has 6 rings (SSSR count). The van der Waals surface area contributed by atoms with E-state index in [1.165, 1.54) is 38.5 Å². The molecule has 34 heavy (non-hydrogen) atoms. The quantitative estimate of drug-likeness (QED) is 0.512. The highest BCUT2D eigenvalue weighted by Gasteiger charge is 2.77. The first kappa shape index (κ1) is 25.2. The summed E-state index contributed by atoms with van der Waals surface area (Å²) in [6.45, 7) is 14.2. The second kappa shape index (κ2) is 8.55. The number of aliphatic hydroxyl groups excluding tert-OH is 1. The van der Waals surface area contributed by atoms with Gasteiger partial charge in [-0.3, -0.25) is 4.79 Å². The van der Waals surface area contributed by atoms with Crippen molar-refractivity contribution in [2.24, 2.45) is 52.3 Å². The van der Waals surface area contributed by atoms with Gasteiger partial charge in [0.2, 0.25) is 0 Å². The van der Waals surface area contributed by atoms with Gasteiger partial charge in [0, 0.05) is 11.8 Å². The first-order valence-corrected chi connectivity index (χ1v) is 14.6.